The summed E-state index contributed by atoms with van der Waals surface area (Å²) in [6.45, 7) is 5.08. The molecule has 0 aromatic heterocycles. The Morgan fingerprint density at radius 1 is 1.08 bits per heavy atom. The molecule has 0 radical (unpaired) electrons. The van der Waals surface area contributed by atoms with Gasteiger partial charge in [0, 0.05) is 29.4 Å². The van der Waals surface area contributed by atoms with Crippen molar-refractivity contribution in [2.75, 3.05) is 18.4 Å². The van der Waals surface area contributed by atoms with Gasteiger partial charge < -0.3 is 15.4 Å². The summed E-state index contributed by atoms with van der Waals surface area (Å²) < 4.78 is 5.29. The molecular weight excluding hydrogens is 476 g/mol. The van der Waals surface area contributed by atoms with Crippen molar-refractivity contribution >= 4 is 29.3 Å². The van der Waals surface area contributed by atoms with Crippen LogP contribution in [0.25, 0.3) is 0 Å². The van der Waals surface area contributed by atoms with Gasteiger partial charge in [-0.15, -0.1) is 0 Å². The maximum atomic E-state index is 13.4. The molecule has 3 aromatic carbocycles. The van der Waals surface area contributed by atoms with Crippen LogP contribution in [-0.4, -0.2) is 30.0 Å². The van der Waals surface area contributed by atoms with Crippen LogP contribution in [0.2, 0.25) is 5.02 Å². The highest BCUT2D eigenvalue weighted by Crippen LogP contribution is 2.26. The number of anilines is 1. The summed E-state index contributed by atoms with van der Waals surface area (Å²) in [5.41, 5.74) is 8.56. The van der Waals surface area contributed by atoms with Crippen molar-refractivity contribution in [1.29, 1.82) is 5.26 Å². The lowest BCUT2D eigenvalue weighted by Gasteiger charge is -2.32. The Morgan fingerprint density at radius 2 is 1.78 bits per heavy atom. The Labute approximate surface area is 216 Å². The predicted molar refractivity (Wildman–Crippen MR) is 140 cm³/mol. The van der Waals surface area contributed by atoms with Crippen LogP contribution in [0.1, 0.15) is 40.9 Å². The van der Waals surface area contributed by atoms with Crippen molar-refractivity contribution < 1.29 is 14.3 Å². The van der Waals surface area contributed by atoms with Crippen LogP contribution in [0.4, 0.5) is 10.5 Å². The summed E-state index contributed by atoms with van der Waals surface area (Å²) in [6.07, 6.45) is -0.595. The highest BCUT2D eigenvalue weighted by atomic mass is 35.5. The van der Waals surface area contributed by atoms with E-state index in [2.05, 4.69) is 11.4 Å². The zero-order valence-corrected chi connectivity index (χ0v) is 21.1. The molecule has 0 bridgehead atoms. The SMILES string of the molecule is CC(C)(CN)CN(Cc1cc(NC(=O)OCc2ccccc2)ccc1Cl)C(=O)c1ccc(C#N)cc1. The van der Waals surface area contributed by atoms with Gasteiger partial charge in [-0.2, -0.15) is 5.26 Å². The Hall–Kier alpha value is -3.86. The van der Waals surface area contributed by atoms with Gasteiger partial charge in [-0.25, -0.2) is 4.79 Å². The van der Waals surface area contributed by atoms with E-state index in [-0.39, 0.29) is 24.5 Å². The quantitative estimate of drug-likeness (QED) is 0.395. The zero-order chi connectivity index (χ0) is 26.1. The number of ether oxygens (including phenoxy) is 1. The fourth-order valence-corrected chi connectivity index (χ4v) is 3.68. The van der Waals surface area contributed by atoms with E-state index in [0.717, 1.165) is 5.56 Å². The average molecular weight is 505 g/mol. The molecule has 8 heteroatoms. The molecule has 0 atom stereocenters. The van der Waals surface area contributed by atoms with Gasteiger partial charge in [0.15, 0.2) is 0 Å². The number of amides is 2. The number of benzene rings is 3. The maximum Gasteiger partial charge on any atom is 0.411 e. The van der Waals surface area contributed by atoms with Crippen LogP contribution < -0.4 is 11.1 Å². The number of carbonyl (C=O) groups excluding carboxylic acids is 2. The van der Waals surface area contributed by atoms with E-state index >= 15 is 0 Å². The van der Waals surface area contributed by atoms with Crippen molar-refractivity contribution in [2.45, 2.75) is 27.0 Å². The Kier molecular flexibility index (Phi) is 9.07. The number of nitrogens with one attached hydrogen (secondary N) is 1. The monoisotopic (exact) mass is 504 g/mol. The minimum Gasteiger partial charge on any atom is -0.444 e. The fourth-order valence-electron chi connectivity index (χ4n) is 3.51. The van der Waals surface area contributed by atoms with E-state index in [1.807, 2.05) is 44.2 Å². The van der Waals surface area contributed by atoms with Gasteiger partial charge in [0.05, 0.1) is 11.6 Å². The summed E-state index contributed by atoms with van der Waals surface area (Å²) in [5, 5.41) is 12.2. The van der Waals surface area contributed by atoms with Crippen LogP contribution in [-0.2, 0) is 17.9 Å². The van der Waals surface area contributed by atoms with Crippen LogP contribution in [0.15, 0.2) is 72.8 Å². The van der Waals surface area contributed by atoms with Gasteiger partial charge in [-0.3, -0.25) is 10.1 Å². The second-order valence-corrected chi connectivity index (χ2v) is 9.62. The molecule has 0 saturated carbocycles. The van der Waals surface area contributed by atoms with Crippen molar-refractivity contribution in [3.63, 3.8) is 0 Å². The summed E-state index contributed by atoms with van der Waals surface area (Å²) in [6, 6.07) is 23.0. The predicted octanol–water partition coefficient (Wildman–Crippen LogP) is 5.59. The second-order valence-electron chi connectivity index (χ2n) is 9.21. The molecular formula is C28H29ClN4O3. The first-order valence-corrected chi connectivity index (χ1v) is 11.8. The number of nitrogens with two attached hydrogens (primary N) is 1. The number of rotatable bonds is 9. The molecule has 0 spiro atoms. The zero-order valence-electron chi connectivity index (χ0n) is 20.3. The standard InChI is InChI=1S/C28H29ClN4O3/c1-28(2,18-31)19-33(26(34)22-10-8-20(15-30)9-11-22)16-23-14-24(12-13-25(23)29)32-27(35)36-17-21-6-4-3-5-7-21/h3-14H,16-19,31H2,1-2H3,(H,32,35). The van der Waals surface area contributed by atoms with Crippen molar-refractivity contribution in [1.82, 2.24) is 4.90 Å². The number of nitrogens with zero attached hydrogens (tertiary/aromatic N) is 2. The van der Waals surface area contributed by atoms with Crippen molar-refractivity contribution in [3.05, 3.63) is 100 Å². The summed E-state index contributed by atoms with van der Waals surface area (Å²) in [7, 11) is 0. The minimum atomic E-state index is -0.595. The molecule has 7 nitrogen and oxygen atoms in total. The van der Waals surface area contributed by atoms with Crippen molar-refractivity contribution in [3.8, 4) is 6.07 Å². The first-order chi connectivity index (χ1) is 17.2. The highest BCUT2D eigenvalue weighted by Gasteiger charge is 2.25. The molecule has 0 unspecified atom stereocenters. The molecule has 0 fully saturated rings. The number of hydrogen-bond donors (Lipinski definition) is 2. The lowest BCUT2D eigenvalue weighted by Crippen LogP contribution is -2.41. The number of hydrogen-bond acceptors (Lipinski definition) is 5. The molecule has 186 valence electrons. The Morgan fingerprint density at radius 3 is 2.42 bits per heavy atom. The lowest BCUT2D eigenvalue weighted by molar-refractivity contribution is 0.0673. The first kappa shape index (κ1) is 26.7. The van der Waals surface area contributed by atoms with E-state index in [4.69, 9.17) is 27.3 Å². The second kappa shape index (κ2) is 12.2. The van der Waals surface area contributed by atoms with Crippen LogP contribution >= 0.6 is 11.6 Å². The Bertz CT molecular complexity index is 1240. The van der Waals surface area contributed by atoms with Gasteiger partial charge in [0.2, 0.25) is 0 Å². The third-order valence-corrected chi connectivity index (χ3v) is 5.95. The normalized spacial score (nSPS) is 10.9. The molecule has 0 aliphatic rings. The van der Waals surface area contributed by atoms with Crippen molar-refractivity contribution in [2.24, 2.45) is 11.1 Å². The molecule has 3 aromatic rings. The lowest BCUT2D eigenvalue weighted by atomic mass is 9.92. The minimum absolute atomic E-state index is 0.147. The topological polar surface area (TPSA) is 108 Å². The summed E-state index contributed by atoms with van der Waals surface area (Å²) >= 11 is 6.47. The molecule has 0 saturated heterocycles. The average Bonchev–Trinajstić information content (AvgIpc) is 2.89. The molecule has 0 aliphatic carbocycles. The summed E-state index contributed by atoms with van der Waals surface area (Å²) in [4.78, 5) is 27.4. The van der Waals surface area contributed by atoms with Gasteiger partial charge in [0.25, 0.3) is 5.91 Å². The molecule has 36 heavy (non-hydrogen) atoms. The van der Waals surface area contributed by atoms with Crippen LogP contribution in [0.3, 0.4) is 0 Å². The first-order valence-electron chi connectivity index (χ1n) is 11.5. The Balaban J connectivity index is 1.77. The van der Waals surface area contributed by atoms with E-state index < -0.39 is 6.09 Å². The van der Waals surface area contributed by atoms with E-state index in [1.165, 1.54) is 0 Å². The highest BCUT2D eigenvalue weighted by molar-refractivity contribution is 6.31. The molecule has 2 amide bonds. The maximum absolute atomic E-state index is 13.4. The molecule has 3 rings (SSSR count). The smallest absolute Gasteiger partial charge is 0.411 e. The van der Waals surface area contributed by atoms with Gasteiger partial charge in [-0.05, 0) is 65.6 Å². The van der Waals surface area contributed by atoms with Gasteiger partial charge in [-0.1, -0.05) is 55.8 Å². The number of nitriles is 1. The molecule has 0 heterocycles. The summed E-state index contributed by atoms with van der Waals surface area (Å²) in [5.74, 6) is -0.210. The number of halogens is 1. The van der Waals surface area contributed by atoms with E-state index in [0.29, 0.717) is 40.5 Å². The van der Waals surface area contributed by atoms with Gasteiger partial charge >= 0.3 is 6.09 Å². The third-order valence-electron chi connectivity index (χ3n) is 5.59. The van der Waals surface area contributed by atoms with Gasteiger partial charge in [0.1, 0.15) is 6.61 Å². The fraction of sp³-hybridized carbons (Fsp3) is 0.250. The van der Waals surface area contributed by atoms with E-state index in [1.54, 1.807) is 47.4 Å². The van der Waals surface area contributed by atoms with E-state index in [9.17, 15) is 9.59 Å². The largest absolute Gasteiger partial charge is 0.444 e. The van der Waals surface area contributed by atoms with Crippen LogP contribution in [0, 0.1) is 16.7 Å². The third kappa shape index (κ3) is 7.57. The van der Waals surface area contributed by atoms with Crippen LogP contribution in [0.5, 0.6) is 0 Å². The molecule has 3 N–H and O–H groups in total. The molecule has 0 aliphatic heterocycles. The number of carbonyl (C=O) groups is 2.